The fourth-order valence-corrected chi connectivity index (χ4v) is 3.06. The van der Waals surface area contributed by atoms with E-state index in [-0.39, 0.29) is 25.3 Å². The minimum atomic E-state index is -0.984. The van der Waals surface area contributed by atoms with Crippen molar-refractivity contribution >= 4 is 17.7 Å². The molecule has 0 aromatic carbocycles. The molecule has 1 rings (SSSR count). The van der Waals surface area contributed by atoms with Crippen LogP contribution in [0.5, 0.6) is 0 Å². The number of rotatable bonds is 9. The summed E-state index contributed by atoms with van der Waals surface area (Å²) in [4.78, 5) is 52.6. The molecule has 1 heterocycles. The Labute approximate surface area is 158 Å². The van der Waals surface area contributed by atoms with Crippen LogP contribution in [-0.4, -0.2) is 88.8 Å². The van der Waals surface area contributed by atoms with Crippen molar-refractivity contribution in [3.8, 4) is 0 Å². The molecule has 156 valence electrons. The van der Waals surface area contributed by atoms with E-state index in [0.29, 0.717) is 26.2 Å². The molecule has 12 nitrogen and oxygen atoms in total. The number of nitrogens with zero attached hydrogens (tertiary/aromatic N) is 1. The van der Waals surface area contributed by atoms with Crippen LogP contribution in [0.25, 0.3) is 0 Å². The molecule has 0 spiro atoms. The van der Waals surface area contributed by atoms with E-state index < -0.39 is 17.4 Å². The highest BCUT2D eigenvalue weighted by Gasteiger charge is 2.41. The van der Waals surface area contributed by atoms with Gasteiger partial charge in [0.2, 0.25) is 11.8 Å². The molecule has 5 N–H and O–H groups in total. The zero-order valence-corrected chi connectivity index (χ0v) is 16.1. The van der Waals surface area contributed by atoms with Gasteiger partial charge in [-0.1, -0.05) is 0 Å². The number of hydrogen-bond donors (Lipinski definition) is 5. The molecule has 0 radical (unpaired) electrons. The fourth-order valence-electron chi connectivity index (χ4n) is 3.06. The van der Waals surface area contributed by atoms with Gasteiger partial charge in [-0.05, 0) is 0 Å². The Bertz CT molecular complexity index is 471. The summed E-state index contributed by atoms with van der Waals surface area (Å²) in [6, 6.07) is 0. The molecule has 0 saturated carbocycles. The fraction of sp³-hybridized carbons (Fsp3) is 0.800. The monoisotopic (exact) mass is 390 g/mol. The Kier molecular flexibility index (Phi) is 10.8. The third-order valence-electron chi connectivity index (χ3n) is 4.12. The van der Waals surface area contributed by atoms with Gasteiger partial charge in [0.05, 0.1) is 33.4 Å². The van der Waals surface area contributed by atoms with Crippen LogP contribution in [0.3, 0.4) is 0 Å². The van der Waals surface area contributed by atoms with Crippen molar-refractivity contribution in [2.75, 3.05) is 60.6 Å². The van der Waals surface area contributed by atoms with E-state index in [1.165, 1.54) is 21.3 Å². The highest BCUT2D eigenvalue weighted by atomic mass is 16.6. The number of nitrogens with one attached hydrogen (secondary N) is 5. The summed E-state index contributed by atoms with van der Waals surface area (Å²) in [5, 5.41) is 6.48. The van der Waals surface area contributed by atoms with Crippen molar-refractivity contribution in [2.24, 2.45) is 0 Å². The minimum Gasteiger partial charge on any atom is -0.314 e. The summed E-state index contributed by atoms with van der Waals surface area (Å²) in [7, 11) is 4.00. The molecule has 1 aliphatic heterocycles. The van der Waals surface area contributed by atoms with E-state index in [1.807, 2.05) is 0 Å². The van der Waals surface area contributed by atoms with Crippen molar-refractivity contribution < 1.29 is 28.9 Å². The van der Waals surface area contributed by atoms with Crippen LogP contribution in [0.4, 0.5) is 0 Å². The first kappa shape index (κ1) is 23.2. The summed E-state index contributed by atoms with van der Waals surface area (Å²) in [5.74, 6) is -1.21. The first-order valence-corrected chi connectivity index (χ1v) is 8.59. The lowest BCUT2D eigenvalue weighted by Gasteiger charge is -2.42. The third-order valence-corrected chi connectivity index (χ3v) is 4.12. The SMILES string of the molecule is CONC(=O)CN1CCNCCNCC1(CC(=O)NOC)CC(=O)NOC. The first-order valence-electron chi connectivity index (χ1n) is 8.59. The maximum absolute atomic E-state index is 12.3. The molecular weight excluding hydrogens is 360 g/mol. The van der Waals surface area contributed by atoms with E-state index in [1.54, 1.807) is 4.90 Å². The summed E-state index contributed by atoms with van der Waals surface area (Å²) < 4.78 is 0. The molecule has 1 aliphatic rings. The largest absolute Gasteiger partial charge is 0.314 e. The lowest BCUT2D eigenvalue weighted by Crippen LogP contribution is -2.61. The van der Waals surface area contributed by atoms with Crippen LogP contribution in [0.2, 0.25) is 0 Å². The number of hydroxylamine groups is 3. The van der Waals surface area contributed by atoms with Crippen LogP contribution >= 0.6 is 0 Å². The Morgan fingerprint density at radius 2 is 1.37 bits per heavy atom. The second-order valence-electron chi connectivity index (χ2n) is 6.11. The normalized spacial score (nSPS) is 17.9. The second-order valence-corrected chi connectivity index (χ2v) is 6.11. The summed E-state index contributed by atoms with van der Waals surface area (Å²) >= 11 is 0. The van der Waals surface area contributed by atoms with Crippen LogP contribution in [0.15, 0.2) is 0 Å². The molecule has 3 amide bonds. The Balaban J connectivity index is 3.17. The van der Waals surface area contributed by atoms with Crippen LogP contribution in [0.1, 0.15) is 12.8 Å². The molecule has 0 unspecified atom stereocenters. The molecule has 0 aromatic rings. The molecule has 0 bridgehead atoms. The number of carbonyl (C=O) groups excluding carboxylic acids is 3. The van der Waals surface area contributed by atoms with Gasteiger partial charge in [0.1, 0.15) is 0 Å². The van der Waals surface area contributed by atoms with Crippen molar-refractivity contribution in [3.63, 3.8) is 0 Å². The van der Waals surface area contributed by atoms with Gasteiger partial charge >= 0.3 is 0 Å². The zero-order valence-electron chi connectivity index (χ0n) is 16.1. The lowest BCUT2D eigenvalue weighted by atomic mass is 9.87. The molecular formula is C15H30N6O6. The first-order chi connectivity index (χ1) is 13.0. The highest BCUT2D eigenvalue weighted by molar-refractivity contribution is 5.81. The molecule has 27 heavy (non-hydrogen) atoms. The van der Waals surface area contributed by atoms with Crippen molar-refractivity contribution in [1.29, 1.82) is 0 Å². The number of carbonyl (C=O) groups is 3. The Morgan fingerprint density at radius 1 is 0.852 bits per heavy atom. The second kappa shape index (κ2) is 12.5. The van der Waals surface area contributed by atoms with E-state index in [2.05, 4.69) is 31.9 Å². The molecule has 0 atom stereocenters. The average molecular weight is 390 g/mol. The van der Waals surface area contributed by atoms with E-state index in [4.69, 9.17) is 9.68 Å². The van der Waals surface area contributed by atoms with Crippen LogP contribution < -0.4 is 27.1 Å². The predicted molar refractivity (Wildman–Crippen MR) is 94.7 cm³/mol. The van der Waals surface area contributed by atoms with Crippen molar-refractivity contribution in [2.45, 2.75) is 18.4 Å². The summed E-state index contributed by atoms with van der Waals surface area (Å²) in [6.07, 6.45) is -0.128. The van der Waals surface area contributed by atoms with Gasteiger partial charge in [0.15, 0.2) is 0 Å². The standard InChI is InChI=1S/C15H30N6O6/c1-25-18-12(22)8-15(9-13(23)19-26-2)11-17-5-4-16-6-7-21(15)10-14(24)20-27-3/h16-17H,4-11H2,1-3H3,(H,18,22)(H,19,23)(H,20,24). The topological polar surface area (TPSA) is 142 Å². The molecule has 0 aliphatic carbocycles. The predicted octanol–water partition coefficient (Wildman–Crippen LogP) is -2.97. The average Bonchev–Trinajstić information content (AvgIpc) is 2.68. The highest BCUT2D eigenvalue weighted by Crippen LogP contribution is 2.24. The van der Waals surface area contributed by atoms with Crippen molar-refractivity contribution in [1.82, 2.24) is 32.0 Å². The van der Waals surface area contributed by atoms with E-state index in [9.17, 15) is 14.4 Å². The summed E-state index contributed by atoms with van der Waals surface area (Å²) in [5.41, 5.74) is 5.84. The van der Waals surface area contributed by atoms with E-state index >= 15 is 0 Å². The summed E-state index contributed by atoms with van der Waals surface area (Å²) in [6.45, 7) is 2.65. The van der Waals surface area contributed by atoms with Gasteiger partial charge in [-0.3, -0.25) is 33.8 Å². The van der Waals surface area contributed by atoms with Gasteiger partial charge < -0.3 is 10.6 Å². The molecule has 1 fully saturated rings. The van der Waals surface area contributed by atoms with Crippen molar-refractivity contribution in [3.05, 3.63) is 0 Å². The van der Waals surface area contributed by atoms with Gasteiger partial charge in [-0.25, -0.2) is 16.4 Å². The minimum absolute atomic E-state index is 0.0578. The Morgan fingerprint density at radius 3 is 1.93 bits per heavy atom. The van der Waals surface area contributed by atoms with Crippen LogP contribution in [0, 0.1) is 0 Å². The zero-order chi connectivity index (χ0) is 20.1. The maximum atomic E-state index is 12.3. The maximum Gasteiger partial charge on any atom is 0.257 e. The number of hydrogen-bond acceptors (Lipinski definition) is 9. The van der Waals surface area contributed by atoms with Gasteiger partial charge in [0.25, 0.3) is 5.91 Å². The van der Waals surface area contributed by atoms with Gasteiger partial charge in [-0.15, -0.1) is 0 Å². The van der Waals surface area contributed by atoms with E-state index in [0.717, 1.165) is 6.54 Å². The molecule has 1 saturated heterocycles. The van der Waals surface area contributed by atoms with Gasteiger partial charge in [-0.2, -0.15) is 0 Å². The Hall–Kier alpha value is -1.83. The quantitative estimate of drug-likeness (QED) is 0.261. The third kappa shape index (κ3) is 8.15. The smallest absolute Gasteiger partial charge is 0.257 e. The number of amides is 3. The lowest BCUT2D eigenvalue weighted by molar-refractivity contribution is -0.143. The molecule has 0 aromatic heterocycles. The molecule has 12 heteroatoms. The van der Waals surface area contributed by atoms with Gasteiger partial charge in [0, 0.05) is 45.6 Å². The van der Waals surface area contributed by atoms with Crippen LogP contribution in [-0.2, 0) is 28.9 Å².